The summed E-state index contributed by atoms with van der Waals surface area (Å²) in [4.78, 5) is 0. The van der Waals surface area contributed by atoms with Crippen molar-refractivity contribution in [1.82, 2.24) is 6.15 Å². The van der Waals surface area contributed by atoms with Gasteiger partial charge in [-0.3, -0.25) is 0 Å². The van der Waals surface area contributed by atoms with Gasteiger partial charge >= 0.3 is 0 Å². The molecule has 0 spiro atoms. The third-order valence-electron chi connectivity index (χ3n) is 0. The van der Waals surface area contributed by atoms with E-state index in [4.69, 9.17) is 0 Å². The SMILES string of the molecule is N.O.[Ce].[SiH4]. The molecule has 0 bridgehead atoms. The van der Waals surface area contributed by atoms with Gasteiger partial charge in [0.2, 0.25) is 0 Å². The quantitative estimate of drug-likeness (QED) is 0.454. The summed E-state index contributed by atoms with van der Waals surface area (Å²) in [6, 6.07) is 0. The molecule has 4 heteroatoms. The first-order chi connectivity index (χ1) is 0. The first-order valence-corrected chi connectivity index (χ1v) is 0. The van der Waals surface area contributed by atoms with E-state index in [2.05, 4.69) is 0 Å². The van der Waals surface area contributed by atoms with E-state index >= 15 is 0 Å². The van der Waals surface area contributed by atoms with Gasteiger partial charge in [-0.2, -0.15) is 0 Å². The Bertz CT molecular complexity index is 8.00. The first-order valence-electron chi connectivity index (χ1n) is 0. The van der Waals surface area contributed by atoms with Crippen LogP contribution >= 0.6 is 0 Å². The number of hydrogen-bond acceptors (Lipinski definition) is 1. The summed E-state index contributed by atoms with van der Waals surface area (Å²) in [7, 11) is 0. The van der Waals surface area contributed by atoms with Crippen molar-refractivity contribution in [3.8, 4) is 0 Å². The van der Waals surface area contributed by atoms with E-state index in [1.165, 1.54) is 0 Å². The van der Waals surface area contributed by atoms with Crippen molar-refractivity contribution in [3.63, 3.8) is 0 Å². The van der Waals surface area contributed by atoms with Crippen molar-refractivity contribution < 1.29 is 47.2 Å². The van der Waals surface area contributed by atoms with E-state index in [1.807, 2.05) is 0 Å². The van der Waals surface area contributed by atoms with Crippen LogP contribution in [0.5, 0.6) is 0 Å². The summed E-state index contributed by atoms with van der Waals surface area (Å²) in [5, 5.41) is 0. The molecule has 0 saturated heterocycles. The fraction of sp³-hybridized carbons (Fsp3) is 0. The average molecular weight is 207 g/mol. The molecular weight excluding hydrogens is 198 g/mol. The molecule has 0 aromatic heterocycles. The van der Waals surface area contributed by atoms with Gasteiger partial charge < -0.3 is 11.6 Å². The molecule has 4 heavy (non-hydrogen) atoms. The van der Waals surface area contributed by atoms with Crippen LogP contribution in [0.15, 0.2) is 0 Å². The monoisotopic (exact) mass is 207 g/mol. The fourth-order valence-electron chi connectivity index (χ4n) is 0. The first kappa shape index (κ1) is 49.0. The molecule has 0 atom stereocenters. The number of hydrogen-bond donors (Lipinski definition) is 1. The zero-order valence-electron chi connectivity index (χ0n) is 1.71. The molecular formula is H9CeNOSi. The van der Waals surface area contributed by atoms with Gasteiger partial charge in [-0.25, -0.2) is 0 Å². The molecule has 0 heterocycles. The van der Waals surface area contributed by atoms with Crippen molar-refractivity contribution in [2.45, 2.75) is 0 Å². The second-order valence-corrected chi connectivity index (χ2v) is 0. The van der Waals surface area contributed by atoms with Crippen LogP contribution < -0.4 is 6.15 Å². The molecule has 0 fully saturated rings. The van der Waals surface area contributed by atoms with Gasteiger partial charge in [0.15, 0.2) is 0 Å². The van der Waals surface area contributed by atoms with Gasteiger partial charge in [0.05, 0.1) is 0 Å². The molecule has 2 nitrogen and oxygen atoms in total. The van der Waals surface area contributed by atoms with Crippen molar-refractivity contribution >= 4 is 11.0 Å². The number of rotatable bonds is 0. The van der Waals surface area contributed by atoms with Crippen LogP contribution in [0.1, 0.15) is 0 Å². The molecule has 0 aromatic carbocycles. The summed E-state index contributed by atoms with van der Waals surface area (Å²) in [6.07, 6.45) is 0. The summed E-state index contributed by atoms with van der Waals surface area (Å²) in [5.74, 6) is 0. The Kier molecular flexibility index (Phi) is 298. The van der Waals surface area contributed by atoms with Crippen molar-refractivity contribution in [2.24, 2.45) is 0 Å². The summed E-state index contributed by atoms with van der Waals surface area (Å²) < 4.78 is 0. The fourth-order valence-corrected chi connectivity index (χ4v) is 0. The summed E-state index contributed by atoms with van der Waals surface area (Å²) >= 11 is 0. The zero-order chi connectivity index (χ0) is 0. The van der Waals surface area contributed by atoms with Crippen molar-refractivity contribution in [2.75, 3.05) is 0 Å². The minimum absolute atomic E-state index is 0. The largest absolute Gasteiger partial charge is 0.412 e. The molecule has 0 aliphatic carbocycles. The molecule has 0 saturated carbocycles. The smallest absolute Gasteiger partial charge is 0 e. The molecule has 0 aromatic rings. The van der Waals surface area contributed by atoms with E-state index in [0.717, 1.165) is 0 Å². The van der Waals surface area contributed by atoms with Gasteiger partial charge in [-0.05, 0) is 11.0 Å². The second-order valence-electron chi connectivity index (χ2n) is 0. The van der Waals surface area contributed by atoms with E-state index in [1.54, 1.807) is 0 Å². The van der Waals surface area contributed by atoms with Crippen molar-refractivity contribution in [1.29, 1.82) is 0 Å². The topological polar surface area (TPSA) is 66.5 Å². The maximum Gasteiger partial charge on any atom is 0 e. The second kappa shape index (κ2) is 24.3. The summed E-state index contributed by atoms with van der Waals surface area (Å²) in [5.41, 5.74) is 0. The van der Waals surface area contributed by atoms with Crippen LogP contribution in [0.25, 0.3) is 0 Å². The Morgan fingerprint density at radius 1 is 1.00 bits per heavy atom. The molecule has 0 unspecified atom stereocenters. The molecule has 0 amide bonds. The van der Waals surface area contributed by atoms with Crippen LogP contribution in [0.2, 0.25) is 0 Å². The minimum Gasteiger partial charge on any atom is -0.412 e. The van der Waals surface area contributed by atoms with E-state index in [9.17, 15) is 0 Å². The molecule has 28 valence electrons. The van der Waals surface area contributed by atoms with Crippen LogP contribution in [-0.2, 0) is 0 Å². The van der Waals surface area contributed by atoms with E-state index in [-0.39, 0.29) is 64.3 Å². The third kappa shape index (κ3) is 9.69. The molecule has 5 N–H and O–H groups in total. The van der Waals surface area contributed by atoms with Crippen LogP contribution in [-0.4, -0.2) is 16.4 Å². The zero-order valence-corrected chi connectivity index (χ0v) is 4.85. The van der Waals surface area contributed by atoms with Crippen molar-refractivity contribution in [3.05, 3.63) is 0 Å². The molecule has 0 radical (unpaired) electrons. The van der Waals surface area contributed by atoms with Crippen LogP contribution in [0.4, 0.5) is 0 Å². The van der Waals surface area contributed by atoms with Gasteiger partial charge in [-0.1, -0.05) is 0 Å². The van der Waals surface area contributed by atoms with Crippen LogP contribution in [0, 0.1) is 41.7 Å². The normalized spacial score (nSPS) is 0. The van der Waals surface area contributed by atoms with Gasteiger partial charge in [0.1, 0.15) is 0 Å². The molecule has 0 aliphatic rings. The van der Waals surface area contributed by atoms with Crippen LogP contribution in [0.3, 0.4) is 0 Å². The molecule has 0 rings (SSSR count). The Morgan fingerprint density at radius 3 is 1.00 bits per heavy atom. The predicted molar refractivity (Wildman–Crippen MR) is 20.0 cm³/mol. The standard InChI is InChI=1S/Ce.H3N.H2O.H4Si/h;1H3;1H2;1H4. The Labute approximate surface area is 63.6 Å². The maximum absolute atomic E-state index is 0. The maximum atomic E-state index is 0. The Morgan fingerprint density at radius 2 is 1.00 bits per heavy atom. The van der Waals surface area contributed by atoms with E-state index < -0.39 is 0 Å². The van der Waals surface area contributed by atoms with Gasteiger partial charge in [0.25, 0.3) is 0 Å². The van der Waals surface area contributed by atoms with Gasteiger partial charge in [-0.15, -0.1) is 0 Å². The van der Waals surface area contributed by atoms with Gasteiger partial charge in [0, 0.05) is 41.7 Å². The average Bonchev–Trinajstić information content (AvgIpc) is 0. The third-order valence-corrected chi connectivity index (χ3v) is 0. The summed E-state index contributed by atoms with van der Waals surface area (Å²) in [6.45, 7) is 0. The molecule has 0 aliphatic heterocycles. The predicted octanol–water partition coefficient (Wildman–Crippen LogP) is -2.11. The Balaban J connectivity index is 0. The Hall–Kier alpha value is 1.51. The minimum atomic E-state index is 0. The van der Waals surface area contributed by atoms with E-state index in [0.29, 0.717) is 0 Å².